The first kappa shape index (κ1) is 15.1. The molecule has 0 aliphatic carbocycles. The summed E-state index contributed by atoms with van der Waals surface area (Å²) in [5.74, 6) is 3.41. The Kier molecular flexibility index (Phi) is 5.43. The third-order valence-electron chi connectivity index (χ3n) is 2.50. The third-order valence-corrected chi connectivity index (χ3v) is 2.50. The molecule has 0 saturated carbocycles. The summed E-state index contributed by atoms with van der Waals surface area (Å²) in [6, 6.07) is 6.95. The first-order valence-corrected chi connectivity index (χ1v) is 5.77. The van der Waals surface area contributed by atoms with Crippen LogP contribution in [-0.2, 0) is 11.2 Å². The number of carbonyl (C=O) groups excluding carboxylic acids is 1. The van der Waals surface area contributed by atoms with Crippen molar-refractivity contribution in [1.29, 1.82) is 0 Å². The van der Waals surface area contributed by atoms with Crippen molar-refractivity contribution in [2.24, 2.45) is 0 Å². The second kappa shape index (κ2) is 6.83. The Hall–Kier alpha value is -1.96. The van der Waals surface area contributed by atoms with Gasteiger partial charge < -0.3 is 5.32 Å². The fourth-order valence-electron chi connectivity index (χ4n) is 1.58. The fraction of sp³-hybridized carbons (Fsp3) is 0.357. The molecule has 1 aromatic carbocycles. The van der Waals surface area contributed by atoms with Gasteiger partial charge in [0, 0.05) is 0 Å². The number of alkyl halides is 3. The Morgan fingerprint density at radius 2 is 1.95 bits per heavy atom. The molecular formula is C14H14F3NO. The summed E-state index contributed by atoms with van der Waals surface area (Å²) in [5, 5.41) is 1.89. The molecule has 1 unspecified atom stereocenters. The van der Waals surface area contributed by atoms with E-state index in [4.69, 9.17) is 0 Å². The van der Waals surface area contributed by atoms with Gasteiger partial charge in [-0.2, -0.15) is 13.2 Å². The van der Waals surface area contributed by atoms with Crippen molar-refractivity contribution in [3.05, 3.63) is 35.9 Å². The van der Waals surface area contributed by atoms with Gasteiger partial charge in [-0.15, -0.1) is 0 Å². The van der Waals surface area contributed by atoms with Gasteiger partial charge in [-0.1, -0.05) is 36.3 Å². The molecule has 0 aromatic heterocycles. The molecule has 102 valence electrons. The van der Waals surface area contributed by atoms with E-state index in [2.05, 4.69) is 5.92 Å². The van der Waals surface area contributed by atoms with E-state index >= 15 is 0 Å². The van der Waals surface area contributed by atoms with Crippen LogP contribution in [0.4, 0.5) is 13.2 Å². The summed E-state index contributed by atoms with van der Waals surface area (Å²) in [7, 11) is 0. The summed E-state index contributed by atoms with van der Waals surface area (Å²) in [5.41, 5.74) is 0.799. The van der Waals surface area contributed by atoms with Crippen LogP contribution in [0.3, 0.4) is 0 Å². The number of benzene rings is 1. The van der Waals surface area contributed by atoms with Crippen molar-refractivity contribution in [2.75, 3.05) is 0 Å². The molecule has 2 nitrogen and oxygen atoms in total. The topological polar surface area (TPSA) is 29.1 Å². The summed E-state index contributed by atoms with van der Waals surface area (Å²) in [6.07, 6.45) is -4.44. The zero-order valence-corrected chi connectivity index (χ0v) is 10.4. The number of nitrogens with one attached hydrogen (secondary N) is 1. The number of amides is 1. The number of hydrogen-bond donors (Lipinski definition) is 1. The average Bonchev–Trinajstić information content (AvgIpc) is 2.34. The van der Waals surface area contributed by atoms with Crippen molar-refractivity contribution in [2.45, 2.75) is 32.0 Å². The van der Waals surface area contributed by atoms with E-state index in [0.29, 0.717) is 0 Å². The smallest absolute Gasteiger partial charge is 0.333 e. The minimum Gasteiger partial charge on any atom is -0.333 e. The van der Waals surface area contributed by atoms with Gasteiger partial charge in [-0.05, 0) is 31.2 Å². The first-order valence-electron chi connectivity index (χ1n) is 5.77. The van der Waals surface area contributed by atoms with Crippen LogP contribution in [-0.4, -0.2) is 18.1 Å². The normalized spacial score (nSPS) is 12.2. The average molecular weight is 269 g/mol. The van der Waals surface area contributed by atoms with Crippen LogP contribution >= 0.6 is 0 Å². The molecule has 0 radical (unpaired) electrons. The van der Waals surface area contributed by atoms with Crippen LogP contribution in [0.25, 0.3) is 0 Å². The summed E-state index contributed by atoms with van der Waals surface area (Å²) in [6.45, 7) is 1.39. The number of carbonyl (C=O) groups is 1. The highest BCUT2D eigenvalue weighted by Gasteiger charge is 2.39. The molecule has 5 heteroatoms. The van der Waals surface area contributed by atoms with Crippen molar-refractivity contribution < 1.29 is 18.0 Å². The van der Waals surface area contributed by atoms with Crippen molar-refractivity contribution in [1.82, 2.24) is 5.32 Å². The van der Waals surface area contributed by atoms with Gasteiger partial charge in [0.05, 0.1) is 0 Å². The largest absolute Gasteiger partial charge is 0.408 e. The Morgan fingerprint density at radius 1 is 1.32 bits per heavy atom. The molecule has 1 aromatic rings. The van der Waals surface area contributed by atoms with Gasteiger partial charge in [0.15, 0.2) is 0 Å². The van der Waals surface area contributed by atoms with E-state index in [0.717, 1.165) is 5.56 Å². The molecule has 0 heterocycles. The minimum absolute atomic E-state index is 0.204. The lowest BCUT2D eigenvalue weighted by atomic mass is 10.0. The highest BCUT2D eigenvalue weighted by atomic mass is 19.4. The SMILES string of the molecule is CC#CC(=O)NC(CCc1ccccc1)C(F)(F)F. The molecule has 0 aliphatic rings. The molecule has 1 rings (SSSR count). The maximum Gasteiger partial charge on any atom is 0.408 e. The van der Waals surface area contributed by atoms with Crippen LogP contribution in [0.5, 0.6) is 0 Å². The maximum atomic E-state index is 12.8. The van der Waals surface area contributed by atoms with Crippen LogP contribution in [0.15, 0.2) is 30.3 Å². The monoisotopic (exact) mass is 269 g/mol. The molecular weight excluding hydrogens is 255 g/mol. The van der Waals surface area contributed by atoms with Crippen molar-refractivity contribution in [3.63, 3.8) is 0 Å². The zero-order valence-electron chi connectivity index (χ0n) is 10.4. The number of rotatable bonds is 4. The minimum atomic E-state index is -4.47. The van der Waals surface area contributed by atoms with Crippen molar-refractivity contribution in [3.8, 4) is 11.8 Å². The summed E-state index contributed by atoms with van der Waals surface area (Å²) < 4.78 is 38.3. The second-order valence-electron chi connectivity index (χ2n) is 3.97. The third kappa shape index (κ3) is 5.47. The van der Waals surface area contributed by atoms with Crippen LogP contribution in [0.2, 0.25) is 0 Å². The lowest BCUT2D eigenvalue weighted by Crippen LogP contribution is -2.45. The number of halogens is 3. The molecule has 0 fully saturated rings. The predicted octanol–water partition coefficient (Wildman–Crippen LogP) is 2.69. The lowest BCUT2D eigenvalue weighted by molar-refractivity contribution is -0.161. The van der Waals surface area contributed by atoms with Gasteiger partial charge in [-0.3, -0.25) is 4.79 Å². The summed E-state index contributed by atoms with van der Waals surface area (Å²) >= 11 is 0. The van der Waals surface area contributed by atoms with Crippen LogP contribution in [0.1, 0.15) is 18.9 Å². The van der Waals surface area contributed by atoms with E-state index < -0.39 is 18.1 Å². The highest BCUT2D eigenvalue weighted by Crippen LogP contribution is 2.23. The van der Waals surface area contributed by atoms with Gasteiger partial charge in [0.1, 0.15) is 6.04 Å². The Labute approximate surface area is 110 Å². The lowest BCUT2D eigenvalue weighted by Gasteiger charge is -2.20. The summed E-state index contributed by atoms with van der Waals surface area (Å²) in [4.78, 5) is 11.1. The molecule has 1 amide bonds. The zero-order chi connectivity index (χ0) is 14.3. The second-order valence-corrected chi connectivity index (χ2v) is 3.97. The fourth-order valence-corrected chi connectivity index (χ4v) is 1.58. The van der Waals surface area contributed by atoms with E-state index in [1.54, 1.807) is 30.3 Å². The molecule has 0 bridgehead atoms. The highest BCUT2D eigenvalue weighted by molar-refractivity contribution is 5.93. The van der Waals surface area contributed by atoms with E-state index in [-0.39, 0.29) is 12.8 Å². The molecule has 19 heavy (non-hydrogen) atoms. The number of aryl methyl sites for hydroxylation is 1. The quantitative estimate of drug-likeness (QED) is 0.837. The van der Waals surface area contributed by atoms with Gasteiger partial charge in [0.2, 0.25) is 0 Å². The first-order chi connectivity index (χ1) is 8.93. The van der Waals surface area contributed by atoms with Crippen LogP contribution < -0.4 is 5.32 Å². The van der Waals surface area contributed by atoms with Gasteiger partial charge in [0.25, 0.3) is 5.91 Å². The molecule has 0 spiro atoms. The Balaban J connectivity index is 2.65. The van der Waals surface area contributed by atoms with Crippen molar-refractivity contribution >= 4 is 5.91 Å². The molecule has 0 aliphatic heterocycles. The Bertz CT molecular complexity index is 471. The van der Waals surface area contributed by atoms with E-state index in [9.17, 15) is 18.0 Å². The molecule has 0 saturated heterocycles. The molecule has 1 N–H and O–H groups in total. The van der Waals surface area contributed by atoms with E-state index in [1.807, 2.05) is 11.2 Å². The number of hydrogen-bond acceptors (Lipinski definition) is 1. The van der Waals surface area contributed by atoms with E-state index in [1.165, 1.54) is 6.92 Å². The standard InChI is InChI=1S/C14H14F3NO/c1-2-6-13(19)18-12(14(15,16)17)10-9-11-7-4-3-5-8-11/h3-5,7-8,12H,9-10H2,1H3,(H,18,19). The van der Waals surface area contributed by atoms with Gasteiger partial charge in [-0.25, -0.2) is 0 Å². The van der Waals surface area contributed by atoms with Crippen LogP contribution in [0, 0.1) is 11.8 Å². The predicted molar refractivity (Wildman–Crippen MR) is 66.2 cm³/mol. The Morgan fingerprint density at radius 3 is 2.47 bits per heavy atom. The maximum absolute atomic E-state index is 12.8. The molecule has 1 atom stereocenters. The van der Waals surface area contributed by atoms with Gasteiger partial charge >= 0.3 is 6.18 Å².